The van der Waals surface area contributed by atoms with E-state index in [4.69, 9.17) is 16.3 Å². The number of alkyl halides is 2. The zero-order valence-electron chi connectivity index (χ0n) is 8.27. The fourth-order valence-electron chi connectivity index (χ4n) is 1.44. The first-order valence-corrected chi connectivity index (χ1v) is 5.25. The number of pyridine rings is 1. The maximum atomic E-state index is 13.0. The monoisotopic (exact) mass is 244 g/mol. The molecule has 1 saturated heterocycles. The second-order valence-electron chi connectivity index (χ2n) is 3.45. The van der Waals surface area contributed by atoms with Gasteiger partial charge in [0.05, 0.1) is 5.56 Å². The SMILES string of the molecule is O=C(OC1CC(F)C(Cl)N1)c1ccncc1. The lowest BCUT2D eigenvalue weighted by molar-refractivity contribution is 0.0254. The third-order valence-corrected chi connectivity index (χ3v) is 2.67. The predicted octanol–water partition coefficient (Wildman–Crippen LogP) is 1.46. The van der Waals surface area contributed by atoms with Crippen molar-refractivity contribution in [3.8, 4) is 0 Å². The molecule has 2 rings (SSSR count). The van der Waals surface area contributed by atoms with Gasteiger partial charge >= 0.3 is 5.97 Å². The molecule has 0 radical (unpaired) electrons. The Balaban J connectivity index is 1.94. The highest BCUT2D eigenvalue weighted by molar-refractivity contribution is 6.20. The molecule has 0 saturated carbocycles. The second-order valence-corrected chi connectivity index (χ2v) is 3.92. The smallest absolute Gasteiger partial charge is 0.339 e. The van der Waals surface area contributed by atoms with Crippen molar-refractivity contribution in [1.29, 1.82) is 0 Å². The molecule has 0 amide bonds. The molecule has 4 nitrogen and oxygen atoms in total. The number of hydrogen-bond donors (Lipinski definition) is 1. The Kier molecular flexibility index (Phi) is 3.36. The van der Waals surface area contributed by atoms with Crippen LogP contribution in [0.4, 0.5) is 4.39 Å². The predicted molar refractivity (Wildman–Crippen MR) is 55.7 cm³/mol. The molecule has 1 fully saturated rings. The first kappa shape index (κ1) is 11.3. The fraction of sp³-hybridized carbons (Fsp3) is 0.400. The average Bonchev–Trinajstić information content (AvgIpc) is 2.59. The van der Waals surface area contributed by atoms with Crippen LogP contribution in [0.5, 0.6) is 0 Å². The molecule has 1 aromatic rings. The minimum atomic E-state index is -1.20. The van der Waals surface area contributed by atoms with Crippen LogP contribution >= 0.6 is 11.6 Å². The van der Waals surface area contributed by atoms with Crippen LogP contribution < -0.4 is 5.32 Å². The van der Waals surface area contributed by atoms with E-state index in [1.165, 1.54) is 24.5 Å². The summed E-state index contributed by atoms with van der Waals surface area (Å²) < 4.78 is 18.1. The number of rotatable bonds is 2. The van der Waals surface area contributed by atoms with Crippen LogP contribution in [0.25, 0.3) is 0 Å². The van der Waals surface area contributed by atoms with Crippen LogP contribution in [-0.2, 0) is 4.74 Å². The first-order valence-electron chi connectivity index (χ1n) is 4.82. The van der Waals surface area contributed by atoms with Crippen molar-refractivity contribution in [3.63, 3.8) is 0 Å². The minimum Gasteiger partial charge on any atom is -0.443 e. The molecule has 3 atom stereocenters. The molecule has 16 heavy (non-hydrogen) atoms. The van der Waals surface area contributed by atoms with E-state index in [0.29, 0.717) is 5.56 Å². The standard InChI is InChI=1S/C10H10ClFN2O2/c11-9-7(12)5-8(14-9)16-10(15)6-1-3-13-4-2-6/h1-4,7-9,14H,5H2. The topological polar surface area (TPSA) is 51.2 Å². The van der Waals surface area contributed by atoms with Crippen LogP contribution in [0, 0.1) is 0 Å². The zero-order chi connectivity index (χ0) is 11.5. The van der Waals surface area contributed by atoms with Gasteiger partial charge in [0.1, 0.15) is 11.7 Å². The number of carbonyl (C=O) groups is 1. The number of carbonyl (C=O) groups excluding carboxylic acids is 1. The van der Waals surface area contributed by atoms with E-state index in [0.717, 1.165) is 0 Å². The van der Waals surface area contributed by atoms with Crippen molar-refractivity contribution in [2.24, 2.45) is 0 Å². The Hall–Kier alpha value is -1.20. The highest BCUT2D eigenvalue weighted by atomic mass is 35.5. The molecule has 0 bridgehead atoms. The molecular weight excluding hydrogens is 235 g/mol. The highest BCUT2D eigenvalue weighted by Crippen LogP contribution is 2.20. The summed E-state index contributed by atoms with van der Waals surface area (Å²) in [6.45, 7) is 0. The Morgan fingerprint density at radius 1 is 1.56 bits per heavy atom. The summed E-state index contributed by atoms with van der Waals surface area (Å²) in [5.74, 6) is -0.516. The molecule has 2 heterocycles. The van der Waals surface area contributed by atoms with Crippen LogP contribution in [0.2, 0.25) is 0 Å². The molecule has 0 spiro atoms. The van der Waals surface area contributed by atoms with Gasteiger partial charge in [-0.05, 0) is 12.1 Å². The van der Waals surface area contributed by atoms with Crippen molar-refractivity contribution >= 4 is 17.6 Å². The maximum absolute atomic E-state index is 13.0. The quantitative estimate of drug-likeness (QED) is 0.486. The highest BCUT2D eigenvalue weighted by Gasteiger charge is 2.34. The lowest BCUT2D eigenvalue weighted by Crippen LogP contribution is -2.31. The summed E-state index contributed by atoms with van der Waals surface area (Å²) in [4.78, 5) is 15.3. The van der Waals surface area contributed by atoms with Gasteiger partial charge in [-0.25, -0.2) is 9.18 Å². The normalized spacial score (nSPS) is 29.0. The average molecular weight is 245 g/mol. The largest absolute Gasteiger partial charge is 0.443 e. The number of halogens is 2. The molecule has 86 valence electrons. The van der Waals surface area contributed by atoms with Gasteiger partial charge in [-0.1, -0.05) is 0 Å². The van der Waals surface area contributed by atoms with Crippen molar-refractivity contribution in [2.75, 3.05) is 0 Å². The Labute approximate surface area is 96.8 Å². The van der Waals surface area contributed by atoms with Gasteiger partial charge in [-0.15, -0.1) is 11.6 Å². The molecule has 1 aromatic heterocycles. The van der Waals surface area contributed by atoms with Gasteiger partial charge in [0.2, 0.25) is 0 Å². The van der Waals surface area contributed by atoms with Crippen molar-refractivity contribution in [3.05, 3.63) is 30.1 Å². The lowest BCUT2D eigenvalue weighted by Gasteiger charge is -2.11. The summed E-state index contributed by atoms with van der Waals surface area (Å²) in [6.07, 6.45) is 1.18. The Morgan fingerprint density at radius 3 is 2.81 bits per heavy atom. The Bertz CT molecular complexity index is 366. The van der Waals surface area contributed by atoms with E-state index in [2.05, 4.69) is 10.3 Å². The summed E-state index contributed by atoms with van der Waals surface area (Å²) in [6, 6.07) is 3.06. The van der Waals surface area contributed by atoms with Crippen LogP contribution in [0.3, 0.4) is 0 Å². The van der Waals surface area contributed by atoms with E-state index in [-0.39, 0.29) is 6.42 Å². The van der Waals surface area contributed by atoms with E-state index < -0.39 is 23.9 Å². The number of ether oxygens (including phenoxy) is 1. The van der Waals surface area contributed by atoms with Crippen molar-refractivity contribution < 1.29 is 13.9 Å². The molecule has 0 aromatic carbocycles. The number of esters is 1. The van der Waals surface area contributed by atoms with Gasteiger partial charge in [0.15, 0.2) is 6.23 Å². The summed E-state index contributed by atoms with van der Waals surface area (Å²) in [7, 11) is 0. The fourth-order valence-corrected chi connectivity index (χ4v) is 1.68. The molecule has 6 heteroatoms. The van der Waals surface area contributed by atoms with Crippen LogP contribution in [0.15, 0.2) is 24.5 Å². The molecule has 3 unspecified atom stereocenters. The van der Waals surface area contributed by atoms with Gasteiger partial charge in [-0.3, -0.25) is 10.3 Å². The van der Waals surface area contributed by atoms with Crippen molar-refractivity contribution in [1.82, 2.24) is 10.3 Å². The maximum Gasteiger partial charge on any atom is 0.339 e. The summed E-state index contributed by atoms with van der Waals surface area (Å²) >= 11 is 5.60. The van der Waals surface area contributed by atoms with Gasteiger partial charge < -0.3 is 4.74 Å². The third kappa shape index (κ3) is 2.48. The van der Waals surface area contributed by atoms with E-state index in [1.54, 1.807) is 0 Å². The number of hydrogen-bond acceptors (Lipinski definition) is 4. The van der Waals surface area contributed by atoms with E-state index in [1.807, 2.05) is 0 Å². The molecule has 0 aliphatic carbocycles. The molecular formula is C10H10ClFN2O2. The number of aromatic nitrogens is 1. The van der Waals surface area contributed by atoms with Crippen LogP contribution in [-0.4, -0.2) is 28.9 Å². The van der Waals surface area contributed by atoms with Crippen molar-refractivity contribution in [2.45, 2.75) is 24.3 Å². The number of nitrogens with zero attached hydrogens (tertiary/aromatic N) is 1. The van der Waals surface area contributed by atoms with Gasteiger partial charge in [0.25, 0.3) is 0 Å². The third-order valence-electron chi connectivity index (χ3n) is 2.27. The molecule has 1 aliphatic rings. The van der Waals surface area contributed by atoms with Gasteiger partial charge in [-0.2, -0.15) is 0 Å². The van der Waals surface area contributed by atoms with E-state index >= 15 is 0 Å². The molecule has 1 aliphatic heterocycles. The number of nitrogens with one attached hydrogen (secondary N) is 1. The Morgan fingerprint density at radius 2 is 2.25 bits per heavy atom. The molecule has 1 N–H and O–H groups in total. The summed E-state index contributed by atoms with van der Waals surface area (Å²) in [5.41, 5.74) is -0.416. The minimum absolute atomic E-state index is 0.0744. The lowest BCUT2D eigenvalue weighted by atomic mass is 10.3. The van der Waals surface area contributed by atoms with Gasteiger partial charge in [0, 0.05) is 18.8 Å². The van der Waals surface area contributed by atoms with E-state index in [9.17, 15) is 9.18 Å². The second kappa shape index (κ2) is 4.76. The summed E-state index contributed by atoms with van der Waals surface area (Å²) in [5, 5.41) is 2.64. The zero-order valence-corrected chi connectivity index (χ0v) is 9.02. The van der Waals surface area contributed by atoms with Crippen LogP contribution in [0.1, 0.15) is 16.8 Å². The first-order chi connectivity index (χ1) is 7.66.